The summed E-state index contributed by atoms with van der Waals surface area (Å²) in [7, 11) is 1.63. The average Bonchev–Trinajstić information content (AvgIpc) is 3.12. The first-order chi connectivity index (χ1) is 10.6. The van der Waals surface area contributed by atoms with Crippen molar-refractivity contribution in [3.05, 3.63) is 28.6 Å². The number of nitrogens with one attached hydrogen (secondary N) is 2. The summed E-state index contributed by atoms with van der Waals surface area (Å²) < 4.78 is 6.33. The fraction of sp³-hybridized carbons (Fsp3) is 0.286. The smallest absolute Gasteiger partial charge is 0.270 e. The lowest BCUT2D eigenvalue weighted by Crippen LogP contribution is -2.13. The maximum absolute atomic E-state index is 12.5. The SMILES string of the molecule is COc1ccc2sc(C(=O)Nc3nn[nH]n3)c(C(C)C)c2c1. The van der Waals surface area contributed by atoms with Crippen LogP contribution in [0, 0.1) is 0 Å². The molecule has 2 N–H and O–H groups in total. The number of methoxy groups -OCH3 is 1. The number of carbonyl (C=O) groups is 1. The highest BCUT2D eigenvalue weighted by atomic mass is 32.1. The van der Waals surface area contributed by atoms with E-state index in [9.17, 15) is 4.79 Å². The van der Waals surface area contributed by atoms with Gasteiger partial charge in [-0.1, -0.05) is 18.9 Å². The molecule has 0 bridgehead atoms. The number of rotatable bonds is 4. The van der Waals surface area contributed by atoms with Crippen molar-refractivity contribution in [1.82, 2.24) is 20.6 Å². The Bertz CT molecular complexity index is 810. The summed E-state index contributed by atoms with van der Waals surface area (Å²) in [5, 5.41) is 16.9. The molecule has 22 heavy (non-hydrogen) atoms. The highest BCUT2D eigenvalue weighted by Crippen LogP contribution is 2.38. The Kier molecular flexibility index (Phi) is 3.76. The number of H-pyrrole nitrogens is 1. The van der Waals surface area contributed by atoms with E-state index in [4.69, 9.17) is 4.74 Å². The third-order valence-corrected chi connectivity index (χ3v) is 4.47. The Morgan fingerprint density at radius 1 is 1.41 bits per heavy atom. The third kappa shape index (κ3) is 2.52. The van der Waals surface area contributed by atoms with Crippen LogP contribution in [0.25, 0.3) is 10.1 Å². The van der Waals surface area contributed by atoms with Gasteiger partial charge in [0.15, 0.2) is 0 Å². The van der Waals surface area contributed by atoms with Crippen molar-refractivity contribution in [2.45, 2.75) is 19.8 Å². The van der Waals surface area contributed by atoms with Crippen LogP contribution in [0.4, 0.5) is 5.95 Å². The average molecular weight is 317 g/mol. The Labute approximate surface area is 130 Å². The first-order valence-electron chi connectivity index (χ1n) is 6.75. The van der Waals surface area contributed by atoms with Crippen LogP contribution in [-0.4, -0.2) is 33.6 Å². The number of amides is 1. The van der Waals surface area contributed by atoms with Crippen molar-refractivity contribution in [3.8, 4) is 5.75 Å². The first-order valence-corrected chi connectivity index (χ1v) is 7.57. The molecule has 0 unspecified atom stereocenters. The fourth-order valence-electron chi connectivity index (χ4n) is 2.34. The molecule has 0 saturated heterocycles. The van der Waals surface area contributed by atoms with Crippen LogP contribution in [0.3, 0.4) is 0 Å². The number of ether oxygens (including phenoxy) is 1. The van der Waals surface area contributed by atoms with Crippen molar-refractivity contribution in [3.63, 3.8) is 0 Å². The highest BCUT2D eigenvalue weighted by molar-refractivity contribution is 7.21. The molecule has 0 aliphatic carbocycles. The molecule has 0 aliphatic heterocycles. The molecular weight excluding hydrogens is 302 g/mol. The minimum absolute atomic E-state index is 0.162. The molecule has 1 amide bonds. The molecule has 0 atom stereocenters. The zero-order valence-corrected chi connectivity index (χ0v) is 13.2. The van der Waals surface area contributed by atoms with Crippen molar-refractivity contribution in [1.29, 1.82) is 0 Å². The second-order valence-electron chi connectivity index (χ2n) is 5.05. The molecule has 0 saturated carbocycles. The Balaban J connectivity index is 2.08. The Morgan fingerprint density at radius 2 is 2.23 bits per heavy atom. The van der Waals surface area contributed by atoms with Gasteiger partial charge in [-0.2, -0.15) is 5.21 Å². The van der Waals surface area contributed by atoms with E-state index in [1.807, 2.05) is 18.2 Å². The van der Waals surface area contributed by atoms with Gasteiger partial charge in [0.25, 0.3) is 11.9 Å². The van der Waals surface area contributed by atoms with E-state index < -0.39 is 0 Å². The minimum Gasteiger partial charge on any atom is -0.497 e. The summed E-state index contributed by atoms with van der Waals surface area (Å²) in [4.78, 5) is 13.2. The summed E-state index contributed by atoms with van der Waals surface area (Å²) in [5.74, 6) is 0.907. The number of aromatic amines is 1. The lowest BCUT2D eigenvalue weighted by Gasteiger charge is -2.08. The van der Waals surface area contributed by atoms with Crippen molar-refractivity contribution in [2.24, 2.45) is 0 Å². The maximum atomic E-state index is 12.5. The molecule has 0 radical (unpaired) electrons. The number of anilines is 1. The van der Waals surface area contributed by atoms with Gasteiger partial charge in [0.1, 0.15) is 5.75 Å². The molecule has 2 heterocycles. The largest absolute Gasteiger partial charge is 0.497 e. The van der Waals surface area contributed by atoms with Gasteiger partial charge in [-0.15, -0.1) is 16.4 Å². The molecule has 3 aromatic rings. The van der Waals surface area contributed by atoms with Gasteiger partial charge in [-0.25, -0.2) is 0 Å². The molecule has 0 spiro atoms. The summed E-state index contributed by atoms with van der Waals surface area (Å²) in [5.41, 5.74) is 1.000. The van der Waals surface area contributed by atoms with Crippen molar-refractivity contribution >= 4 is 33.3 Å². The third-order valence-electron chi connectivity index (χ3n) is 3.29. The number of carbonyl (C=O) groups excluding carboxylic acids is 1. The number of hydrogen-bond donors (Lipinski definition) is 2. The van der Waals surface area contributed by atoms with Gasteiger partial charge in [-0.3, -0.25) is 10.1 Å². The predicted octanol–water partition coefficient (Wildman–Crippen LogP) is 2.80. The summed E-state index contributed by atoms with van der Waals surface area (Å²) >= 11 is 1.45. The number of aromatic nitrogens is 4. The first kappa shape index (κ1) is 14.5. The van der Waals surface area contributed by atoms with E-state index in [-0.39, 0.29) is 17.8 Å². The Hall–Kier alpha value is -2.48. The van der Waals surface area contributed by atoms with Crippen molar-refractivity contribution < 1.29 is 9.53 Å². The summed E-state index contributed by atoms with van der Waals surface area (Å²) in [6.07, 6.45) is 0. The highest BCUT2D eigenvalue weighted by Gasteiger charge is 2.21. The van der Waals surface area contributed by atoms with E-state index in [1.165, 1.54) is 11.3 Å². The summed E-state index contributed by atoms with van der Waals surface area (Å²) in [6.45, 7) is 4.12. The van der Waals surface area contributed by atoms with Crippen LogP contribution in [0.1, 0.15) is 35.0 Å². The van der Waals surface area contributed by atoms with Crippen LogP contribution in [0.5, 0.6) is 5.75 Å². The van der Waals surface area contributed by atoms with Crippen LogP contribution in [0.2, 0.25) is 0 Å². The second kappa shape index (κ2) is 5.72. The fourth-order valence-corrected chi connectivity index (χ4v) is 3.57. The van der Waals surface area contributed by atoms with Gasteiger partial charge < -0.3 is 4.74 Å². The molecule has 2 aromatic heterocycles. The lowest BCUT2D eigenvalue weighted by atomic mass is 9.99. The lowest BCUT2D eigenvalue weighted by molar-refractivity contribution is 0.102. The minimum atomic E-state index is -0.231. The predicted molar refractivity (Wildman–Crippen MR) is 84.6 cm³/mol. The number of thiophene rings is 1. The van der Waals surface area contributed by atoms with E-state index in [0.29, 0.717) is 4.88 Å². The van der Waals surface area contributed by atoms with Crippen molar-refractivity contribution in [2.75, 3.05) is 12.4 Å². The van der Waals surface area contributed by atoms with Gasteiger partial charge in [0.05, 0.1) is 12.0 Å². The summed E-state index contributed by atoms with van der Waals surface area (Å²) in [6, 6.07) is 5.83. The zero-order chi connectivity index (χ0) is 15.7. The number of benzene rings is 1. The van der Waals surface area contributed by atoms with E-state index in [2.05, 4.69) is 39.8 Å². The van der Waals surface area contributed by atoms with Gasteiger partial charge in [0, 0.05) is 10.1 Å². The van der Waals surface area contributed by atoms with E-state index >= 15 is 0 Å². The van der Waals surface area contributed by atoms with Crippen LogP contribution >= 0.6 is 11.3 Å². The Morgan fingerprint density at radius 3 is 2.86 bits per heavy atom. The number of tetrazole rings is 1. The van der Waals surface area contributed by atoms with Gasteiger partial charge in [0.2, 0.25) is 0 Å². The monoisotopic (exact) mass is 317 g/mol. The molecule has 7 nitrogen and oxygen atoms in total. The molecular formula is C14H15N5O2S. The van der Waals surface area contributed by atoms with Crippen LogP contribution < -0.4 is 10.1 Å². The number of fused-ring (bicyclic) bond motifs is 1. The second-order valence-corrected chi connectivity index (χ2v) is 6.10. The number of nitrogens with zero attached hydrogens (tertiary/aromatic N) is 3. The standard InChI is InChI=1S/C14H15N5O2S/c1-7(2)11-9-6-8(21-3)4-5-10(9)22-12(11)13(20)15-14-16-18-19-17-14/h4-7H,1-3H3,(H2,15,16,17,18,19,20). The molecule has 114 valence electrons. The topological polar surface area (TPSA) is 92.8 Å². The molecule has 0 fully saturated rings. The van der Waals surface area contributed by atoms with Crippen LogP contribution in [-0.2, 0) is 0 Å². The normalized spacial score (nSPS) is 11.1. The molecule has 0 aliphatic rings. The molecule has 1 aromatic carbocycles. The van der Waals surface area contributed by atoms with E-state index in [0.717, 1.165) is 21.4 Å². The quantitative estimate of drug-likeness (QED) is 0.772. The van der Waals surface area contributed by atoms with Gasteiger partial charge in [-0.05, 0) is 34.9 Å². The molecule has 3 rings (SSSR count). The maximum Gasteiger partial charge on any atom is 0.270 e. The number of hydrogen-bond acceptors (Lipinski definition) is 6. The van der Waals surface area contributed by atoms with E-state index in [1.54, 1.807) is 7.11 Å². The molecule has 8 heteroatoms. The van der Waals surface area contributed by atoms with Gasteiger partial charge >= 0.3 is 0 Å². The zero-order valence-electron chi connectivity index (χ0n) is 12.4. The van der Waals surface area contributed by atoms with Crippen LogP contribution in [0.15, 0.2) is 18.2 Å².